The van der Waals surface area contributed by atoms with Crippen LogP contribution < -0.4 is 120 Å². The fourth-order valence-corrected chi connectivity index (χ4v) is 7.76. The summed E-state index contributed by atoms with van der Waals surface area (Å²) in [6.45, 7) is 1.89. The predicted molar refractivity (Wildman–Crippen MR) is 171 cm³/mol. The van der Waals surface area contributed by atoms with Crippen molar-refractivity contribution in [3.63, 3.8) is 0 Å². The maximum absolute atomic E-state index is 12.5. The van der Waals surface area contributed by atoms with Gasteiger partial charge >= 0.3 is 88.7 Å². The molecule has 3 rings (SSSR count). The standard InChI is InChI=1S/C24H40N7O17P3S.3Na/c1-4-15(33)52-8-7-26-14(32)5-6-27-22(36)19(35)24(2,3)10-45-51(42,43)48-50(40,41)44-9-13-18(47-49(37,38)39)17(34)23(46-13)31-12-30-16-20(25)28-11-29-21(16)31;;;/h11-13,17-19,23,34-35H,4-10H2,1-3H3,(H,26,32)(H,27,36)(H,40,41)(H,42,43)(H2,25,28,29)(H2,37,38,39);;;/q;3*+1/p-3. The summed E-state index contributed by atoms with van der Waals surface area (Å²) >= 11 is 1.06. The quantitative estimate of drug-likeness (QED) is 0.0408. The molecule has 0 aromatic carbocycles. The van der Waals surface area contributed by atoms with Gasteiger partial charge in [-0.05, 0) is 0 Å². The zero-order valence-corrected chi connectivity index (χ0v) is 40.2. The zero-order valence-electron chi connectivity index (χ0n) is 30.7. The third-order valence-electron chi connectivity index (χ3n) is 7.03. The van der Waals surface area contributed by atoms with Crippen molar-refractivity contribution in [3.8, 4) is 0 Å². The van der Waals surface area contributed by atoms with E-state index in [1.165, 1.54) is 13.8 Å². The number of fused-ring (bicyclic) bond motifs is 1. The summed E-state index contributed by atoms with van der Waals surface area (Å²) in [6.07, 6.45) is -6.99. The largest absolute Gasteiger partial charge is 1.00 e. The Labute approximate surface area is 384 Å². The fraction of sp³-hybridized carbons (Fsp3) is 0.667. The van der Waals surface area contributed by atoms with Crippen molar-refractivity contribution in [2.45, 2.75) is 64.3 Å². The smallest absolute Gasteiger partial charge is 0.756 e. The molecule has 31 heteroatoms. The normalized spacial score (nSPS) is 22.1. The van der Waals surface area contributed by atoms with Gasteiger partial charge in [-0.2, -0.15) is 0 Å². The number of phosphoric ester groups is 3. The van der Waals surface area contributed by atoms with Crippen molar-refractivity contribution < 1.29 is 169 Å². The molecule has 0 saturated carbocycles. The monoisotopic (exact) mass is 889 g/mol. The molecule has 1 aliphatic heterocycles. The number of nitrogen functional groups attached to an aromatic ring is 1. The molecule has 2 aromatic heterocycles. The summed E-state index contributed by atoms with van der Waals surface area (Å²) in [5, 5.41) is 26.1. The number of aliphatic hydroxyl groups is 2. The van der Waals surface area contributed by atoms with Crippen molar-refractivity contribution >= 4 is 69.1 Å². The number of rotatable bonds is 20. The maximum atomic E-state index is 12.5. The van der Waals surface area contributed by atoms with Gasteiger partial charge in [-0.3, -0.25) is 32.6 Å². The number of thioether (sulfide) groups is 1. The Balaban J connectivity index is 0.00000972. The first-order valence-corrected chi connectivity index (χ1v) is 20.5. The molecular formula is C24H37N7Na3O17P3S. The van der Waals surface area contributed by atoms with Gasteiger partial charge in [0.1, 0.15) is 36.3 Å². The van der Waals surface area contributed by atoms with Crippen LogP contribution in [0, 0.1) is 5.41 Å². The Kier molecular flexibility index (Phi) is 24.4. The third kappa shape index (κ3) is 17.6. The number of carbonyl (C=O) groups is 3. The number of anilines is 1. The van der Waals surface area contributed by atoms with E-state index < -0.39 is 84.6 Å². The molecule has 8 unspecified atom stereocenters. The number of phosphoric acid groups is 3. The molecule has 3 heterocycles. The van der Waals surface area contributed by atoms with Crippen LogP contribution in [-0.4, -0.2) is 108 Å². The molecule has 0 aliphatic carbocycles. The molecule has 7 N–H and O–H groups in total. The van der Waals surface area contributed by atoms with Crippen molar-refractivity contribution in [3.05, 3.63) is 12.7 Å². The van der Waals surface area contributed by atoms with Crippen LogP contribution in [0.25, 0.3) is 11.2 Å². The van der Waals surface area contributed by atoms with E-state index in [2.05, 4.69) is 43.5 Å². The van der Waals surface area contributed by atoms with Crippen LogP contribution in [0.2, 0.25) is 0 Å². The van der Waals surface area contributed by atoms with Crippen LogP contribution in [-0.2, 0) is 50.7 Å². The Morgan fingerprint density at radius 3 is 2.33 bits per heavy atom. The Morgan fingerprint density at radius 2 is 1.71 bits per heavy atom. The van der Waals surface area contributed by atoms with Gasteiger partial charge in [-0.25, -0.2) is 19.3 Å². The van der Waals surface area contributed by atoms with Gasteiger partial charge in [0.25, 0.3) is 23.5 Å². The maximum Gasteiger partial charge on any atom is 1.00 e. The van der Waals surface area contributed by atoms with Crippen LogP contribution in [0.15, 0.2) is 12.7 Å². The van der Waals surface area contributed by atoms with Gasteiger partial charge < -0.3 is 64.5 Å². The summed E-state index contributed by atoms with van der Waals surface area (Å²) in [4.78, 5) is 92.9. The number of nitrogens with zero attached hydrogens (tertiary/aromatic N) is 4. The van der Waals surface area contributed by atoms with Gasteiger partial charge in [-0.15, -0.1) is 0 Å². The van der Waals surface area contributed by atoms with E-state index in [1.54, 1.807) is 6.92 Å². The molecule has 0 bridgehead atoms. The minimum absolute atomic E-state index is 0. The molecule has 55 heavy (non-hydrogen) atoms. The fourth-order valence-electron chi connectivity index (χ4n) is 4.38. The number of nitrogens with two attached hydrogens (primary N) is 1. The number of hydrogen-bond donors (Lipinski definition) is 6. The van der Waals surface area contributed by atoms with Crippen LogP contribution in [0.5, 0.6) is 0 Å². The number of hydrogen-bond acceptors (Lipinski definition) is 21. The minimum Gasteiger partial charge on any atom is -0.756 e. The first-order valence-electron chi connectivity index (χ1n) is 15.0. The molecule has 294 valence electrons. The van der Waals surface area contributed by atoms with Crippen molar-refractivity contribution in [1.29, 1.82) is 0 Å². The summed E-state index contributed by atoms with van der Waals surface area (Å²) in [5.74, 6) is -1.16. The van der Waals surface area contributed by atoms with E-state index in [-0.39, 0.29) is 130 Å². The van der Waals surface area contributed by atoms with Crippen molar-refractivity contribution in [2.75, 3.05) is 37.8 Å². The second-order valence-electron chi connectivity index (χ2n) is 11.6. The summed E-state index contributed by atoms with van der Waals surface area (Å²) in [5.41, 5.74) is 4.11. The Morgan fingerprint density at radius 1 is 1.07 bits per heavy atom. The average molecular weight is 890 g/mol. The molecule has 1 saturated heterocycles. The topological polar surface area (TPSA) is 372 Å². The first kappa shape index (κ1) is 55.6. The van der Waals surface area contributed by atoms with Gasteiger partial charge in [0.2, 0.25) is 11.8 Å². The van der Waals surface area contributed by atoms with Gasteiger partial charge in [0.15, 0.2) is 22.8 Å². The van der Waals surface area contributed by atoms with E-state index in [0.717, 1.165) is 29.0 Å². The summed E-state index contributed by atoms with van der Waals surface area (Å²) < 4.78 is 60.6. The van der Waals surface area contributed by atoms with E-state index >= 15 is 0 Å². The predicted octanol–water partition coefficient (Wildman–Crippen LogP) is -11.8. The van der Waals surface area contributed by atoms with Gasteiger partial charge in [0.05, 0.1) is 19.5 Å². The Hall–Kier alpha value is 0.560. The molecular weight excluding hydrogens is 852 g/mol. The number of carbonyl (C=O) groups excluding carboxylic acids is 3. The molecule has 8 atom stereocenters. The number of imidazole rings is 1. The SMILES string of the molecule is CCC(=O)SCCNC(=O)CCNC(=O)C(O)C(C)(C)COP(=O)([O-])OP(=O)([O-])OCC1OC(n2cnc3c(N)ncnc32)C(O)C1OP(=O)([O-])O.[Na+].[Na+].[Na+]. The van der Waals surface area contributed by atoms with Crippen LogP contribution >= 0.6 is 35.2 Å². The third-order valence-corrected chi connectivity index (χ3v) is 11.1. The van der Waals surface area contributed by atoms with Crippen LogP contribution in [0.1, 0.15) is 39.8 Å². The number of amides is 2. The molecule has 1 fully saturated rings. The van der Waals surface area contributed by atoms with Crippen LogP contribution in [0.3, 0.4) is 0 Å². The second kappa shape index (κ2) is 24.1. The first-order chi connectivity index (χ1) is 24.1. The van der Waals surface area contributed by atoms with Crippen molar-refractivity contribution in [2.24, 2.45) is 5.41 Å². The second-order valence-corrected chi connectivity index (χ2v) is 16.8. The summed E-state index contributed by atoms with van der Waals surface area (Å²) in [7, 11) is -17.3. The van der Waals surface area contributed by atoms with E-state index in [4.69, 9.17) is 10.5 Å². The molecule has 2 aromatic rings. The minimum atomic E-state index is -5.89. The summed E-state index contributed by atoms with van der Waals surface area (Å²) in [6, 6.07) is 0. The number of nitrogens with one attached hydrogen (secondary N) is 2. The number of aromatic nitrogens is 4. The Bertz CT molecular complexity index is 1740. The molecule has 24 nitrogen and oxygen atoms in total. The molecule has 2 amide bonds. The molecule has 0 spiro atoms. The molecule has 0 radical (unpaired) electrons. The van der Waals surface area contributed by atoms with Crippen molar-refractivity contribution in [1.82, 2.24) is 30.2 Å². The number of aliphatic hydroxyl groups excluding tert-OH is 2. The van der Waals surface area contributed by atoms with E-state index in [0.29, 0.717) is 12.2 Å². The average Bonchev–Trinajstić information content (AvgIpc) is 3.60. The zero-order chi connectivity index (χ0) is 39.1. The van der Waals surface area contributed by atoms with E-state index in [1.807, 2.05) is 0 Å². The van der Waals surface area contributed by atoms with Gasteiger partial charge in [0, 0.05) is 37.1 Å². The number of ether oxygens (including phenoxy) is 1. The van der Waals surface area contributed by atoms with Gasteiger partial charge in [-0.1, -0.05) is 32.5 Å². The van der Waals surface area contributed by atoms with Crippen LogP contribution in [0.4, 0.5) is 5.82 Å². The van der Waals surface area contributed by atoms with E-state index in [9.17, 15) is 57.9 Å². The molecule has 1 aliphatic rings.